The third-order valence-corrected chi connectivity index (χ3v) is 9.70. The molecule has 0 amide bonds. The van der Waals surface area contributed by atoms with Gasteiger partial charge in [0.2, 0.25) is 5.66 Å². The number of benzene rings is 8. The van der Waals surface area contributed by atoms with Gasteiger partial charge in [-0.15, -0.1) is 0 Å². The van der Waals surface area contributed by atoms with Crippen LogP contribution in [0.1, 0.15) is 22.3 Å². The van der Waals surface area contributed by atoms with Crippen molar-refractivity contribution in [2.45, 2.75) is 5.66 Å². The van der Waals surface area contributed by atoms with Crippen molar-refractivity contribution in [2.75, 3.05) is 0 Å². The molecule has 0 spiro atoms. The molecule has 6 nitrogen and oxygen atoms in total. The first kappa shape index (κ1) is 33.8. The summed E-state index contributed by atoms with van der Waals surface area (Å²) in [6.45, 7) is 0. The third kappa shape index (κ3) is 5.14. The van der Waals surface area contributed by atoms with E-state index in [-0.39, 0.29) is 56.0 Å². The molecule has 4 N–H and O–H groups in total. The summed E-state index contributed by atoms with van der Waals surface area (Å²) < 4.78 is 0. The molecular weight excluding hydrogens is 726 g/mol. The van der Waals surface area contributed by atoms with E-state index in [1.54, 1.807) is 12.4 Å². The minimum atomic E-state index is -1.39. The van der Waals surface area contributed by atoms with Crippen molar-refractivity contribution in [1.29, 1.82) is 0 Å². The van der Waals surface area contributed by atoms with E-state index in [1.807, 2.05) is 84.9 Å². The molecule has 0 unspecified atom stereocenters. The summed E-state index contributed by atoms with van der Waals surface area (Å²) in [5.74, 6) is -1.07. The van der Waals surface area contributed by atoms with Crippen LogP contribution in [0.25, 0.3) is 54.2 Å². The molecule has 0 saturated carbocycles. The predicted molar refractivity (Wildman–Crippen MR) is 197 cm³/mol. The molecule has 1 aliphatic carbocycles. The molecule has 8 aromatic carbocycles. The Balaban J connectivity index is 0.00000203. The first-order valence-electron chi connectivity index (χ1n) is 16.0. The minimum Gasteiger partial charge on any atom is -0.504 e. The van der Waals surface area contributed by atoms with Gasteiger partial charge in [-0.1, -0.05) is 121 Å². The molecule has 254 valence electrons. The van der Waals surface area contributed by atoms with Crippen LogP contribution < -0.4 is 0 Å². The molecule has 0 saturated heterocycles. The van der Waals surface area contributed by atoms with E-state index in [0.29, 0.717) is 21.9 Å². The van der Waals surface area contributed by atoms with Crippen molar-refractivity contribution in [3.8, 4) is 34.1 Å². The molecule has 8 heteroatoms. The summed E-state index contributed by atoms with van der Waals surface area (Å²) >= 11 is 0. The number of phenolic OH excluding ortho intramolecular Hbond substituents is 4. The van der Waals surface area contributed by atoms with Gasteiger partial charge in [-0.25, -0.2) is 0 Å². The van der Waals surface area contributed by atoms with Crippen LogP contribution in [-0.2, 0) is 38.6 Å². The first-order valence-corrected chi connectivity index (χ1v) is 16.0. The smallest absolute Gasteiger partial charge is 0.202 e. The second-order valence-electron chi connectivity index (χ2n) is 12.4. The minimum absolute atomic E-state index is 0. The van der Waals surface area contributed by atoms with Crippen molar-refractivity contribution < 1.29 is 53.4 Å². The van der Waals surface area contributed by atoms with E-state index >= 15 is 0 Å². The molecular formula is C43H28N2Ni2O4. The first-order chi connectivity index (χ1) is 23.9. The predicted octanol–water partition coefficient (Wildman–Crippen LogP) is 9.54. The summed E-state index contributed by atoms with van der Waals surface area (Å²) in [7, 11) is 0. The maximum atomic E-state index is 11.2. The fourth-order valence-electron chi connectivity index (χ4n) is 7.40. The number of nitrogens with zero attached hydrogens (tertiary/aromatic N) is 2. The molecule has 0 aliphatic heterocycles. The van der Waals surface area contributed by atoms with E-state index in [9.17, 15) is 20.4 Å². The van der Waals surface area contributed by atoms with Gasteiger partial charge in [-0.2, -0.15) is 0 Å². The average molecular weight is 754 g/mol. The molecule has 8 aromatic rings. The normalized spacial score (nSPS) is 13.1. The van der Waals surface area contributed by atoms with Gasteiger partial charge >= 0.3 is 0 Å². The Morgan fingerprint density at radius 1 is 0.412 bits per heavy atom. The largest absolute Gasteiger partial charge is 0.504 e. The van der Waals surface area contributed by atoms with E-state index < -0.39 is 5.66 Å². The Morgan fingerprint density at radius 2 is 0.765 bits per heavy atom. The van der Waals surface area contributed by atoms with Crippen LogP contribution in [0.15, 0.2) is 143 Å². The van der Waals surface area contributed by atoms with Gasteiger partial charge in [0.05, 0.1) is 0 Å². The van der Waals surface area contributed by atoms with Crippen LogP contribution in [0.4, 0.5) is 0 Å². The molecule has 0 radical (unpaired) electrons. The fourth-order valence-corrected chi connectivity index (χ4v) is 7.40. The number of phenols is 4. The molecule has 51 heavy (non-hydrogen) atoms. The summed E-state index contributed by atoms with van der Waals surface area (Å²) in [6.07, 6.45) is 3.16. The zero-order valence-electron chi connectivity index (χ0n) is 26.7. The Kier molecular flexibility index (Phi) is 8.55. The molecule has 0 heterocycles. The van der Waals surface area contributed by atoms with Gasteiger partial charge in [0.15, 0.2) is 23.0 Å². The molecule has 0 atom stereocenters. The summed E-state index contributed by atoms with van der Waals surface area (Å²) in [6, 6.07) is 42.7. The maximum absolute atomic E-state index is 11.2. The van der Waals surface area contributed by atoms with E-state index in [4.69, 9.17) is 9.98 Å². The van der Waals surface area contributed by atoms with Gasteiger partial charge in [0.25, 0.3) is 0 Å². The Labute approximate surface area is 312 Å². The monoisotopic (exact) mass is 752 g/mol. The maximum Gasteiger partial charge on any atom is 0.202 e. The summed E-state index contributed by atoms with van der Waals surface area (Å²) in [5.41, 5.74) is 2.94. The molecule has 0 fully saturated rings. The quantitative estimate of drug-likeness (QED) is 0.0817. The second-order valence-corrected chi connectivity index (χ2v) is 12.4. The van der Waals surface area contributed by atoms with Crippen LogP contribution >= 0.6 is 0 Å². The standard InChI is InChI=1S/C43H28N2O4.2Ni/c46-37-21-27-11-3-5-13-29(27)33(41(37)48)23-44-43(45-24-34-30-14-6-4-12-28(30)22-38(47)42(34)49)35-19-17-25-9-1-7-15-31(25)39(35)40-32-16-8-2-10-26(32)18-20-36(40)43;;/h1-24,46-49H;;/b44-23+,45-24+;;. The SMILES string of the molecule is Oc1cc2ccccc2c(/C=N/C2(/N=C/c3c(O)c(O)cc4ccccc34)c3ccc4ccccc4c3-c3c2ccc2ccccc32)c1O.[Ni].[Ni]. The molecule has 0 bridgehead atoms. The van der Waals surface area contributed by atoms with Crippen LogP contribution in [0.3, 0.4) is 0 Å². The topological polar surface area (TPSA) is 106 Å². The van der Waals surface area contributed by atoms with Gasteiger partial charge in [0, 0.05) is 67.7 Å². The Bertz CT molecular complexity index is 2550. The fraction of sp³-hybridized carbons (Fsp3) is 0.0233. The van der Waals surface area contributed by atoms with Crippen molar-refractivity contribution in [1.82, 2.24) is 0 Å². The van der Waals surface area contributed by atoms with E-state index in [1.165, 1.54) is 12.1 Å². The Hall–Kier alpha value is -5.67. The number of hydrogen-bond acceptors (Lipinski definition) is 6. The number of rotatable bonds is 4. The molecule has 1 aliphatic rings. The van der Waals surface area contributed by atoms with Crippen molar-refractivity contribution >= 4 is 55.5 Å². The number of hydrogen-bond donors (Lipinski definition) is 4. The van der Waals surface area contributed by atoms with Crippen molar-refractivity contribution in [3.05, 3.63) is 156 Å². The van der Waals surface area contributed by atoms with Gasteiger partial charge in [-0.05, 0) is 66.3 Å². The van der Waals surface area contributed by atoms with Crippen LogP contribution in [0, 0.1) is 0 Å². The molecule has 0 aromatic heterocycles. The van der Waals surface area contributed by atoms with E-state index in [0.717, 1.165) is 54.6 Å². The molecule has 9 rings (SSSR count). The van der Waals surface area contributed by atoms with E-state index in [2.05, 4.69) is 36.4 Å². The summed E-state index contributed by atoms with van der Waals surface area (Å²) in [4.78, 5) is 10.6. The third-order valence-electron chi connectivity index (χ3n) is 9.70. The second kappa shape index (κ2) is 12.9. The Morgan fingerprint density at radius 3 is 1.18 bits per heavy atom. The van der Waals surface area contributed by atoms with Gasteiger partial charge < -0.3 is 20.4 Å². The van der Waals surface area contributed by atoms with Crippen LogP contribution in [0.5, 0.6) is 23.0 Å². The number of aliphatic imine (C=N–C) groups is 2. The zero-order chi connectivity index (χ0) is 33.3. The average Bonchev–Trinajstić information content (AvgIpc) is 3.42. The van der Waals surface area contributed by atoms with Crippen LogP contribution in [0.2, 0.25) is 0 Å². The van der Waals surface area contributed by atoms with Crippen molar-refractivity contribution in [2.24, 2.45) is 9.98 Å². The van der Waals surface area contributed by atoms with Crippen molar-refractivity contribution in [3.63, 3.8) is 0 Å². The zero-order valence-corrected chi connectivity index (χ0v) is 28.6. The summed E-state index contributed by atoms with van der Waals surface area (Å²) in [5, 5.41) is 50.9. The van der Waals surface area contributed by atoms with Gasteiger partial charge in [-0.3, -0.25) is 9.98 Å². The number of aromatic hydroxyl groups is 4. The number of fused-ring (bicyclic) bond motifs is 9. The van der Waals surface area contributed by atoms with Crippen LogP contribution in [-0.4, -0.2) is 32.9 Å². The van der Waals surface area contributed by atoms with Gasteiger partial charge in [0.1, 0.15) is 0 Å².